The topological polar surface area (TPSA) is 24.4 Å². The van der Waals surface area contributed by atoms with E-state index in [1.807, 2.05) is 18.2 Å². The van der Waals surface area contributed by atoms with E-state index in [0.717, 1.165) is 30.0 Å². The minimum atomic E-state index is 0.228. The third-order valence-corrected chi connectivity index (χ3v) is 5.75. The maximum absolute atomic E-state index is 4.77. The van der Waals surface area contributed by atoms with Crippen molar-refractivity contribution in [1.29, 1.82) is 0 Å². The van der Waals surface area contributed by atoms with Crippen LogP contribution in [0.5, 0.6) is 0 Å². The van der Waals surface area contributed by atoms with Gasteiger partial charge in [0.05, 0.1) is 11.7 Å². The van der Waals surface area contributed by atoms with Gasteiger partial charge in [0.15, 0.2) is 5.17 Å². The minimum Gasteiger partial charge on any atom is -0.333 e. The molecule has 2 nitrogen and oxygen atoms in total. The predicted molar refractivity (Wildman–Crippen MR) is 102 cm³/mol. The first-order chi connectivity index (χ1) is 10.1. The standard InChI is InChI=1S/C15H11Br3N2S/c16-10-6-11(17)14(12(18)7-10)20-15-19-13(8-21-15)9-4-2-1-3-5-9/h1-7,13H,8H2,(H,19,20). The van der Waals surface area contributed by atoms with Crippen LogP contribution in [0.2, 0.25) is 0 Å². The van der Waals surface area contributed by atoms with Crippen LogP contribution in [0, 0.1) is 0 Å². The molecule has 0 aromatic heterocycles. The third-order valence-electron chi connectivity index (χ3n) is 3.07. The Kier molecular flexibility index (Phi) is 5.09. The highest BCUT2D eigenvalue weighted by atomic mass is 79.9. The molecule has 0 fully saturated rings. The van der Waals surface area contributed by atoms with E-state index in [9.17, 15) is 0 Å². The highest BCUT2D eigenvalue weighted by Gasteiger charge is 2.21. The minimum absolute atomic E-state index is 0.228. The Bertz CT molecular complexity index is 666. The normalized spacial score (nSPS) is 17.7. The van der Waals surface area contributed by atoms with Gasteiger partial charge in [-0.05, 0) is 49.6 Å². The Hall–Kier alpha value is -0.300. The zero-order valence-corrected chi connectivity index (χ0v) is 16.4. The summed E-state index contributed by atoms with van der Waals surface area (Å²) in [7, 11) is 0. The molecule has 1 aliphatic heterocycles. The van der Waals surface area contributed by atoms with Gasteiger partial charge in [-0.2, -0.15) is 0 Å². The molecular formula is C15H11Br3N2S. The average molecular weight is 491 g/mol. The number of nitrogens with one attached hydrogen (secondary N) is 1. The highest BCUT2D eigenvalue weighted by Crippen LogP contribution is 2.37. The molecule has 2 aromatic carbocycles. The molecule has 6 heteroatoms. The van der Waals surface area contributed by atoms with Gasteiger partial charge in [0.2, 0.25) is 0 Å². The fourth-order valence-electron chi connectivity index (χ4n) is 2.06. The van der Waals surface area contributed by atoms with Gasteiger partial charge in [0, 0.05) is 19.2 Å². The van der Waals surface area contributed by atoms with Crippen molar-refractivity contribution < 1.29 is 0 Å². The second kappa shape index (κ2) is 6.86. The van der Waals surface area contributed by atoms with E-state index in [-0.39, 0.29) is 6.04 Å². The van der Waals surface area contributed by atoms with Crippen molar-refractivity contribution in [2.45, 2.75) is 6.04 Å². The van der Waals surface area contributed by atoms with Crippen molar-refractivity contribution in [3.05, 3.63) is 61.4 Å². The first-order valence-corrected chi connectivity index (χ1v) is 9.67. The van der Waals surface area contributed by atoms with Gasteiger partial charge in [-0.1, -0.05) is 58.0 Å². The van der Waals surface area contributed by atoms with Crippen molar-refractivity contribution in [3.8, 4) is 0 Å². The Labute approximate surface area is 153 Å². The molecule has 0 bridgehead atoms. The quantitative estimate of drug-likeness (QED) is 0.539. The van der Waals surface area contributed by atoms with Crippen molar-refractivity contribution in [3.63, 3.8) is 0 Å². The number of hydrogen-bond donors (Lipinski definition) is 1. The molecule has 2 aromatic rings. The zero-order valence-electron chi connectivity index (χ0n) is 10.8. The molecule has 1 aliphatic rings. The van der Waals surface area contributed by atoms with E-state index in [0.29, 0.717) is 0 Å². The summed E-state index contributed by atoms with van der Waals surface area (Å²) in [5.41, 5.74) is 2.26. The smallest absolute Gasteiger partial charge is 0.161 e. The summed E-state index contributed by atoms with van der Waals surface area (Å²) in [4.78, 5) is 4.77. The van der Waals surface area contributed by atoms with Crippen LogP contribution in [0.4, 0.5) is 5.69 Å². The number of amidine groups is 1. The zero-order chi connectivity index (χ0) is 14.8. The van der Waals surface area contributed by atoms with E-state index in [1.54, 1.807) is 11.8 Å². The van der Waals surface area contributed by atoms with Crippen molar-refractivity contribution in [2.75, 3.05) is 11.1 Å². The summed E-state index contributed by atoms with van der Waals surface area (Å²) in [5, 5.41) is 4.35. The van der Waals surface area contributed by atoms with Gasteiger partial charge in [-0.25, -0.2) is 0 Å². The Morgan fingerprint density at radius 2 is 1.71 bits per heavy atom. The first-order valence-electron chi connectivity index (χ1n) is 6.30. The number of thioether (sulfide) groups is 1. The maximum atomic E-state index is 4.77. The Morgan fingerprint density at radius 3 is 2.38 bits per heavy atom. The molecule has 0 spiro atoms. The molecule has 21 heavy (non-hydrogen) atoms. The van der Waals surface area contributed by atoms with Crippen LogP contribution in [-0.2, 0) is 0 Å². The van der Waals surface area contributed by atoms with Crippen LogP contribution in [0.1, 0.15) is 11.6 Å². The number of aliphatic imine (C=N–C) groups is 1. The van der Waals surface area contributed by atoms with Crippen LogP contribution < -0.4 is 5.32 Å². The van der Waals surface area contributed by atoms with E-state index in [1.165, 1.54) is 5.56 Å². The number of halogens is 3. The molecule has 0 aliphatic carbocycles. The largest absolute Gasteiger partial charge is 0.333 e. The molecule has 3 rings (SSSR count). The summed E-state index contributed by atoms with van der Waals surface area (Å²) in [6, 6.07) is 14.7. The molecule has 1 unspecified atom stereocenters. The first kappa shape index (κ1) is 15.6. The molecule has 0 amide bonds. The van der Waals surface area contributed by atoms with E-state index in [4.69, 9.17) is 4.99 Å². The van der Waals surface area contributed by atoms with Crippen molar-refractivity contribution >= 4 is 70.4 Å². The van der Waals surface area contributed by atoms with Crippen LogP contribution in [0.15, 0.2) is 60.9 Å². The van der Waals surface area contributed by atoms with Gasteiger partial charge in [-0.15, -0.1) is 0 Å². The van der Waals surface area contributed by atoms with Gasteiger partial charge < -0.3 is 5.32 Å². The van der Waals surface area contributed by atoms with E-state index in [2.05, 4.69) is 77.4 Å². The van der Waals surface area contributed by atoms with Gasteiger partial charge >= 0.3 is 0 Å². The lowest BCUT2D eigenvalue weighted by atomic mass is 10.1. The maximum Gasteiger partial charge on any atom is 0.161 e. The number of anilines is 1. The highest BCUT2D eigenvalue weighted by molar-refractivity contribution is 9.11. The number of nitrogens with zero attached hydrogens (tertiary/aromatic N) is 1. The van der Waals surface area contributed by atoms with Crippen LogP contribution in [0.25, 0.3) is 0 Å². The molecule has 0 saturated heterocycles. The van der Waals surface area contributed by atoms with Gasteiger partial charge in [0.25, 0.3) is 0 Å². The fraction of sp³-hybridized carbons (Fsp3) is 0.133. The molecule has 1 heterocycles. The molecule has 0 radical (unpaired) electrons. The monoisotopic (exact) mass is 488 g/mol. The molecule has 1 atom stereocenters. The molecule has 0 saturated carbocycles. The number of hydrogen-bond acceptors (Lipinski definition) is 3. The van der Waals surface area contributed by atoms with E-state index < -0.39 is 0 Å². The lowest BCUT2D eigenvalue weighted by Gasteiger charge is -2.10. The SMILES string of the molecule is Brc1cc(Br)c(NC2=NC(c3ccccc3)CS2)c(Br)c1. The summed E-state index contributed by atoms with van der Waals surface area (Å²) < 4.78 is 3.01. The van der Waals surface area contributed by atoms with Crippen molar-refractivity contribution in [2.24, 2.45) is 4.99 Å². The lowest BCUT2D eigenvalue weighted by Crippen LogP contribution is -2.06. The summed E-state index contributed by atoms with van der Waals surface area (Å²) in [6.07, 6.45) is 0. The molecular weight excluding hydrogens is 480 g/mol. The predicted octanol–water partition coefficient (Wildman–Crippen LogP) is 6.23. The fourth-order valence-corrected chi connectivity index (χ4v) is 5.47. The number of benzene rings is 2. The number of rotatable bonds is 2. The summed E-state index contributed by atoms with van der Waals surface area (Å²) in [5.74, 6) is 0.970. The van der Waals surface area contributed by atoms with Gasteiger partial charge in [-0.3, -0.25) is 4.99 Å². The van der Waals surface area contributed by atoms with Crippen molar-refractivity contribution in [1.82, 2.24) is 0 Å². The second-order valence-corrected chi connectivity index (χ2v) is 8.17. The van der Waals surface area contributed by atoms with Crippen LogP contribution in [0.3, 0.4) is 0 Å². The van der Waals surface area contributed by atoms with Gasteiger partial charge in [0.1, 0.15) is 0 Å². The summed E-state index contributed by atoms with van der Waals surface area (Å²) in [6.45, 7) is 0. The average Bonchev–Trinajstić information content (AvgIpc) is 2.92. The Morgan fingerprint density at radius 1 is 1.05 bits per heavy atom. The van der Waals surface area contributed by atoms with E-state index >= 15 is 0 Å². The van der Waals surface area contributed by atoms with Crippen LogP contribution in [-0.4, -0.2) is 10.9 Å². The Balaban J connectivity index is 1.81. The second-order valence-electron chi connectivity index (χ2n) is 4.54. The van der Waals surface area contributed by atoms with Crippen LogP contribution >= 0.6 is 59.6 Å². The third kappa shape index (κ3) is 3.73. The summed E-state index contributed by atoms with van der Waals surface area (Å²) >= 11 is 12.4. The molecule has 1 N–H and O–H groups in total. The lowest BCUT2D eigenvalue weighted by molar-refractivity contribution is 0.849. The molecule has 108 valence electrons.